The second-order valence-electron chi connectivity index (χ2n) is 7.38. The Labute approximate surface area is 190 Å². The van der Waals surface area contributed by atoms with Gasteiger partial charge in [-0.1, -0.05) is 6.07 Å². The molecular formula is C23H26N2O6S. The monoisotopic (exact) mass is 458 g/mol. The van der Waals surface area contributed by atoms with E-state index in [1.54, 1.807) is 47.4 Å². The number of aromatic hydroxyl groups is 2. The maximum absolute atomic E-state index is 13.3. The molecule has 1 aliphatic heterocycles. The highest BCUT2D eigenvalue weighted by Crippen LogP contribution is 2.44. The molecule has 0 saturated carbocycles. The molecule has 1 fully saturated rings. The lowest BCUT2D eigenvalue weighted by atomic mass is 10.0. The van der Waals surface area contributed by atoms with Gasteiger partial charge in [0, 0.05) is 31.7 Å². The molecule has 9 heteroatoms. The highest BCUT2D eigenvalue weighted by molar-refractivity contribution is 7.12. The van der Waals surface area contributed by atoms with Gasteiger partial charge in [-0.2, -0.15) is 0 Å². The Kier molecular flexibility index (Phi) is 6.69. The van der Waals surface area contributed by atoms with Crippen LogP contribution in [0.5, 0.6) is 23.1 Å². The Morgan fingerprint density at radius 3 is 2.50 bits per heavy atom. The predicted octanol–water partition coefficient (Wildman–Crippen LogP) is 3.21. The van der Waals surface area contributed by atoms with Gasteiger partial charge in [-0.25, -0.2) is 0 Å². The van der Waals surface area contributed by atoms with Crippen LogP contribution in [0.4, 0.5) is 0 Å². The zero-order valence-corrected chi connectivity index (χ0v) is 18.9. The molecule has 0 amide bonds. The van der Waals surface area contributed by atoms with Crippen molar-refractivity contribution in [3.8, 4) is 34.4 Å². The number of benzene rings is 1. The molecule has 0 spiro atoms. The summed E-state index contributed by atoms with van der Waals surface area (Å²) in [6.07, 6.45) is 0. The van der Waals surface area contributed by atoms with Crippen LogP contribution in [0.3, 0.4) is 0 Å². The quantitative estimate of drug-likeness (QED) is 0.501. The van der Waals surface area contributed by atoms with E-state index < -0.39 is 5.75 Å². The van der Waals surface area contributed by atoms with Crippen LogP contribution in [0.15, 0.2) is 35.7 Å². The number of carbonyl (C=O) groups is 1. The molecule has 2 aromatic heterocycles. The molecule has 2 N–H and O–H groups in total. The van der Waals surface area contributed by atoms with Gasteiger partial charge in [-0.15, -0.1) is 11.3 Å². The van der Waals surface area contributed by atoms with E-state index in [2.05, 4.69) is 4.90 Å². The minimum absolute atomic E-state index is 0.0687. The van der Waals surface area contributed by atoms with Crippen molar-refractivity contribution in [2.45, 2.75) is 6.54 Å². The van der Waals surface area contributed by atoms with Crippen molar-refractivity contribution < 1.29 is 29.2 Å². The number of hydrogen-bond donors (Lipinski definition) is 2. The third-order valence-corrected chi connectivity index (χ3v) is 6.45. The number of rotatable bonds is 8. The zero-order valence-electron chi connectivity index (χ0n) is 18.0. The summed E-state index contributed by atoms with van der Waals surface area (Å²) in [6.45, 7) is 3.93. The fraction of sp³-hybridized carbons (Fsp3) is 0.348. The van der Waals surface area contributed by atoms with E-state index in [9.17, 15) is 15.0 Å². The molecule has 0 radical (unpaired) electrons. The number of aromatic nitrogens is 1. The first-order valence-electron chi connectivity index (χ1n) is 10.3. The smallest absolute Gasteiger partial charge is 0.235 e. The lowest BCUT2D eigenvalue weighted by Crippen LogP contribution is -2.38. The lowest BCUT2D eigenvalue weighted by molar-refractivity contribution is 0.0362. The van der Waals surface area contributed by atoms with E-state index >= 15 is 0 Å². The number of ether oxygens (including phenoxy) is 3. The van der Waals surface area contributed by atoms with Crippen LogP contribution < -0.4 is 9.47 Å². The summed E-state index contributed by atoms with van der Waals surface area (Å²) in [5.41, 5.74) is 1.13. The SMILES string of the molecule is COc1ccc(-c2c(C(=O)c3cccs3)c(O)c(O)n2CCN2CCOCC2)cc1OC. The minimum Gasteiger partial charge on any atom is -0.503 e. The van der Waals surface area contributed by atoms with E-state index in [-0.39, 0.29) is 17.2 Å². The summed E-state index contributed by atoms with van der Waals surface area (Å²) in [5, 5.41) is 23.4. The van der Waals surface area contributed by atoms with E-state index in [0.717, 1.165) is 13.1 Å². The van der Waals surface area contributed by atoms with Gasteiger partial charge in [0.2, 0.25) is 11.7 Å². The largest absolute Gasteiger partial charge is 0.503 e. The molecule has 0 bridgehead atoms. The van der Waals surface area contributed by atoms with E-state index in [1.807, 2.05) is 0 Å². The maximum Gasteiger partial charge on any atom is 0.235 e. The first kappa shape index (κ1) is 22.2. The molecule has 1 saturated heterocycles. The van der Waals surface area contributed by atoms with Crippen molar-refractivity contribution in [1.82, 2.24) is 9.47 Å². The van der Waals surface area contributed by atoms with Crippen LogP contribution >= 0.6 is 11.3 Å². The number of morpholine rings is 1. The fourth-order valence-electron chi connectivity index (χ4n) is 3.91. The first-order chi connectivity index (χ1) is 15.5. The maximum atomic E-state index is 13.3. The van der Waals surface area contributed by atoms with Crippen LogP contribution in [0.25, 0.3) is 11.3 Å². The lowest BCUT2D eigenvalue weighted by Gasteiger charge is -2.27. The van der Waals surface area contributed by atoms with Crippen LogP contribution in [-0.2, 0) is 11.3 Å². The highest BCUT2D eigenvalue weighted by atomic mass is 32.1. The number of hydrogen-bond acceptors (Lipinski definition) is 8. The Balaban J connectivity index is 1.82. The Bertz CT molecular complexity index is 1090. The molecule has 1 aromatic carbocycles. The molecule has 32 heavy (non-hydrogen) atoms. The third-order valence-electron chi connectivity index (χ3n) is 5.58. The summed E-state index contributed by atoms with van der Waals surface area (Å²) in [6, 6.07) is 8.74. The molecule has 4 rings (SSSR count). The van der Waals surface area contributed by atoms with Crippen molar-refractivity contribution in [1.29, 1.82) is 0 Å². The molecule has 0 unspecified atom stereocenters. The molecule has 0 aliphatic carbocycles. The average molecular weight is 459 g/mol. The van der Waals surface area contributed by atoms with E-state index in [1.165, 1.54) is 18.4 Å². The fourth-order valence-corrected chi connectivity index (χ4v) is 4.58. The number of methoxy groups -OCH3 is 2. The topological polar surface area (TPSA) is 93.4 Å². The molecule has 170 valence electrons. The van der Waals surface area contributed by atoms with Crippen molar-refractivity contribution in [3.05, 3.63) is 46.2 Å². The summed E-state index contributed by atoms with van der Waals surface area (Å²) >= 11 is 1.29. The summed E-state index contributed by atoms with van der Waals surface area (Å²) in [4.78, 5) is 16.0. The summed E-state index contributed by atoms with van der Waals surface area (Å²) < 4.78 is 17.8. The van der Waals surface area contributed by atoms with Crippen molar-refractivity contribution in [2.24, 2.45) is 0 Å². The summed E-state index contributed by atoms with van der Waals surface area (Å²) in [5.74, 6) is -0.0671. The van der Waals surface area contributed by atoms with Crippen molar-refractivity contribution in [3.63, 3.8) is 0 Å². The third kappa shape index (κ3) is 4.19. The number of ketones is 1. The van der Waals surface area contributed by atoms with E-state index in [0.29, 0.717) is 53.9 Å². The molecule has 8 nitrogen and oxygen atoms in total. The standard InChI is InChI=1S/C23H26N2O6S/c1-29-16-6-5-15(14-17(16)30-2)20-19(21(26)18-4-3-13-32-18)22(27)23(28)25(20)8-7-24-9-11-31-12-10-24/h3-6,13-14,27-28H,7-12H2,1-2H3. The highest BCUT2D eigenvalue weighted by Gasteiger charge is 2.30. The van der Waals surface area contributed by atoms with Gasteiger partial charge in [-0.3, -0.25) is 9.69 Å². The van der Waals surface area contributed by atoms with Crippen LogP contribution in [-0.4, -0.2) is 72.5 Å². The zero-order chi connectivity index (χ0) is 22.7. The first-order valence-corrected chi connectivity index (χ1v) is 11.2. The number of carbonyl (C=O) groups excluding carboxylic acids is 1. The normalized spacial score (nSPS) is 14.4. The van der Waals surface area contributed by atoms with Crippen LogP contribution in [0.1, 0.15) is 15.2 Å². The van der Waals surface area contributed by atoms with Gasteiger partial charge in [0.25, 0.3) is 0 Å². The second-order valence-corrected chi connectivity index (χ2v) is 8.33. The minimum atomic E-state index is -0.421. The predicted molar refractivity (Wildman–Crippen MR) is 121 cm³/mol. The Morgan fingerprint density at radius 1 is 1.09 bits per heavy atom. The van der Waals surface area contributed by atoms with Gasteiger partial charge in [0.15, 0.2) is 17.2 Å². The molecule has 0 atom stereocenters. The van der Waals surface area contributed by atoms with Crippen molar-refractivity contribution >= 4 is 17.1 Å². The molecule has 3 heterocycles. The van der Waals surface area contributed by atoms with Gasteiger partial charge in [0.1, 0.15) is 0 Å². The van der Waals surface area contributed by atoms with Crippen molar-refractivity contribution in [2.75, 3.05) is 47.1 Å². The molecule has 1 aliphatic rings. The van der Waals surface area contributed by atoms with Gasteiger partial charge in [0.05, 0.1) is 43.6 Å². The van der Waals surface area contributed by atoms with Crippen LogP contribution in [0, 0.1) is 0 Å². The van der Waals surface area contributed by atoms with Gasteiger partial charge in [-0.05, 0) is 29.6 Å². The molecular weight excluding hydrogens is 432 g/mol. The van der Waals surface area contributed by atoms with Gasteiger partial charge >= 0.3 is 0 Å². The Morgan fingerprint density at radius 2 is 1.84 bits per heavy atom. The van der Waals surface area contributed by atoms with E-state index in [4.69, 9.17) is 14.2 Å². The average Bonchev–Trinajstić information content (AvgIpc) is 3.45. The van der Waals surface area contributed by atoms with Gasteiger partial charge < -0.3 is 29.0 Å². The Hall–Kier alpha value is -3.01. The van der Waals surface area contributed by atoms with Crippen LogP contribution in [0.2, 0.25) is 0 Å². The summed E-state index contributed by atoms with van der Waals surface area (Å²) in [7, 11) is 3.08. The second kappa shape index (κ2) is 9.64. The number of nitrogens with zero attached hydrogens (tertiary/aromatic N) is 2. The molecule has 3 aromatic rings. The number of thiophene rings is 1.